The number of unbranched alkanes of at least 4 members (excludes halogenated alkanes) is 1. The Kier molecular flexibility index (Phi) is 7.79. The molecule has 0 aliphatic heterocycles. The van der Waals surface area contributed by atoms with Crippen LogP contribution in [0.25, 0.3) is 0 Å². The van der Waals surface area contributed by atoms with Gasteiger partial charge in [0.05, 0.1) is 0 Å². The number of rotatable bonds is 10. The van der Waals surface area contributed by atoms with Crippen LogP contribution in [-0.2, 0) is 0 Å². The van der Waals surface area contributed by atoms with Crippen LogP contribution in [0.15, 0.2) is 0 Å². The summed E-state index contributed by atoms with van der Waals surface area (Å²) in [4.78, 5) is 13.3. The molecule has 0 atom stereocenters. The van der Waals surface area contributed by atoms with Gasteiger partial charge in [0.2, 0.25) is 17.8 Å². The van der Waals surface area contributed by atoms with Gasteiger partial charge in [-0.2, -0.15) is 15.0 Å². The molecular formula is C15H30N6. The zero-order valence-corrected chi connectivity index (χ0v) is 14.0. The lowest BCUT2D eigenvalue weighted by Gasteiger charge is -2.13. The van der Waals surface area contributed by atoms with Gasteiger partial charge in [-0.15, -0.1) is 0 Å². The van der Waals surface area contributed by atoms with Gasteiger partial charge in [-0.25, -0.2) is 0 Å². The molecule has 0 fully saturated rings. The van der Waals surface area contributed by atoms with E-state index >= 15 is 0 Å². The Morgan fingerprint density at radius 2 is 1.19 bits per heavy atom. The molecule has 0 spiro atoms. The fourth-order valence-electron chi connectivity index (χ4n) is 1.58. The minimum absolute atomic E-state index is 0.547. The maximum atomic E-state index is 4.42. The van der Waals surface area contributed by atoms with Crippen molar-refractivity contribution in [3.8, 4) is 0 Å². The van der Waals surface area contributed by atoms with Gasteiger partial charge >= 0.3 is 0 Å². The van der Waals surface area contributed by atoms with Gasteiger partial charge in [-0.05, 0) is 18.3 Å². The van der Waals surface area contributed by atoms with Gasteiger partial charge in [-0.1, -0.05) is 41.0 Å². The molecule has 0 bridgehead atoms. The van der Waals surface area contributed by atoms with Crippen LogP contribution in [0.1, 0.15) is 47.5 Å². The van der Waals surface area contributed by atoms with Crippen molar-refractivity contribution in [3.05, 3.63) is 0 Å². The van der Waals surface area contributed by atoms with Crippen LogP contribution < -0.4 is 16.0 Å². The van der Waals surface area contributed by atoms with E-state index in [0.717, 1.165) is 32.5 Å². The molecule has 3 N–H and O–H groups in total. The van der Waals surface area contributed by atoms with Crippen molar-refractivity contribution in [1.82, 2.24) is 15.0 Å². The summed E-state index contributed by atoms with van der Waals surface area (Å²) in [5, 5.41) is 9.78. The van der Waals surface area contributed by atoms with E-state index in [9.17, 15) is 0 Å². The van der Waals surface area contributed by atoms with Gasteiger partial charge in [0.15, 0.2) is 0 Å². The Morgan fingerprint density at radius 3 is 1.57 bits per heavy atom. The molecule has 0 aromatic carbocycles. The lowest BCUT2D eigenvalue weighted by molar-refractivity contribution is 0.679. The van der Waals surface area contributed by atoms with E-state index in [4.69, 9.17) is 0 Å². The summed E-state index contributed by atoms with van der Waals surface area (Å²) < 4.78 is 0. The van der Waals surface area contributed by atoms with Gasteiger partial charge < -0.3 is 16.0 Å². The van der Waals surface area contributed by atoms with Crippen LogP contribution in [0.5, 0.6) is 0 Å². The van der Waals surface area contributed by atoms with E-state index in [2.05, 4.69) is 65.5 Å². The predicted octanol–water partition coefficient (Wildman–Crippen LogP) is 3.22. The molecule has 0 amide bonds. The zero-order valence-electron chi connectivity index (χ0n) is 14.0. The highest BCUT2D eigenvalue weighted by Gasteiger charge is 2.07. The van der Waals surface area contributed by atoms with Crippen molar-refractivity contribution < 1.29 is 0 Å². The second kappa shape index (κ2) is 9.37. The van der Waals surface area contributed by atoms with Crippen LogP contribution in [0.3, 0.4) is 0 Å². The van der Waals surface area contributed by atoms with Crippen molar-refractivity contribution in [2.24, 2.45) is 11.8 Å². The van der Waals surface area contributed by atoms with Crippen LogP contribution in [0, 0.1) is 11.8 Å². The Bertz CT molecular complexity index is 375. The van der Waals surface area contributed by atoms with Crippen molar-refractivity contribution in [1.29, 1.82) is 0 Å². The van der Waals surface area contributed by atoms with Crippen LogP contribution in [-0.4, -0.2) is 34.6 Å². The summed E-state index contributed by atoms with van der Waals surface area (Å²) in [7, 11) is 0. The summed E-state index contributed by atoms with van der Waals surface area (Å²) >= 11 is 0. The normalized spacial score (nSPS) is 11.0. The molecule has 1 aromatic rings. The molecule has 6 nitrogen and oxygen atoms in total. The van der Waals surface area contributed by atoms with Crippen LogP contribution >= 0.6 is 0 Å². The van der Waals surface area contributed by atoms with Crippen molar-refractivity contribution in [2.75, 3.05) is 35.6 Å². The van der Waals surface area contributed by atoms with Crippen molar-refractivity contribution >= 4 is 17.8 Å². The Hall–Kier alpha value is -1.59. The van der Waals surface area contributed by atoms with Gasteiger partial charge in [0.1, 0.15) is 0 Å². The molecule has 1 rings (SSSR count). The standard InChI is InChI=1S/C15H30N6/c1-6-7-8-16-13-19-14(17-9-11(2)3)21-15(20-13)18-10-12(4)5/h11-12H,6-10H2,1-5H3,(H3,16,17,18,19,20,21). The molecule has 120 valence electrons. The number of nitrogens with zero attached hydrogens (tertiary/aromatic N) is 3. The molecule has 1 heterocycles. The van der Waals surface area contributed by atoms with E-state index in [1.165, 1.54) is 0 Å². The minimum Gasteiger partial charge on any atom is -0.354 e. The third-order valence-electron chi connectivity index (χ3n) is 2.79. The van der Waals surface area contributed by atoms with E-state index in [1.807, 2.05) is 0 Å². The third-order valence-corrected chi connectivity index (χ3v) is 2.79. The Labute approximate surface area is 128 Å². The first-order valence-corrected chi connectivity index (χ1v) is 7.99. The Morgan fingerprint density at radius 1 is 0.762 bits per heavy atom. The molecule has 21 heavy (non-hydrogen) atoms. The molecule has 0 saturated heterocycles. The second-order valence-corrected chi connectivity index (χ2v) is 6.14. The molecule has 0 saturated carbocycles. The first-order valence-electron chi connectivity index (χ1n) is 7.99. The largest absolute Gasteiger partial charge is 0.354 e. The van der Waals surface area contributed by atoms with E-state index in [-0.39, 0.29) is 0 Å². The summed E-state index contributed by atoms with van der Waals surface area (Å²) in [5.41, 5.74) is 0. The summed E-state index contributed by atoms with van der Waals surface area (Å²) in [6, 6.07) is 0. The topological polar surface area (TPSA) is 74.8 Å². The van der Waals surface area contributed by atoms with Crippen LogP contribution in [0.4, 0.5) is 17.8 Å². The summed E-state index contributed by atoms with van der Waals surface area (Å²) in [6.07, 6.45) is 2.25. The number of hydrogen-bond donors (Lipinski definition) is 3. The van der Waals surface area contributed by atoms with E-state index in [0.29, 0.717) is 29.7 Å². The molecule has 1 aromatic heterocycles. The van der Waals surface area contributed by atoms with Gasteiger partial charge in [0.25, 0.3) is 0 Å². The highest BCUT2D eigenvalue weighted by Crippen LogP contribution is 2.11. The molecular weight excluding hydrogens is 264 g/mol. The summed E-state index contributed by atoms with van der Waals surface area (Å²) in [6.45, 7) is 13.4. The van der Waals surface area contributed by atoms with Crippen LogP contribution in [0.2, 0.25) is 0 Å². The first-order chi connectivity index (χ1) is 10.0. The lowest BCUT2D eigenvalue weighted by atomic mass is 10.2. The number of hydrogen-bond acceptors (Lipinski definition) is 6. The average Bonchev–Trinajstić information content (AvgIpc) is 2.43. The molecule has 0 aliphatic carbocycles. The molecule has 0 radical (unpaired) electrons. The lowest BCUT2D eigenvalue weighted by Crippen LogP contribution is -2.17. The number of nitrogens with one attached hydrogen (secondary N) is 3. The highest BCUT2D eigenvalue weighted by atomic mass is 15.3. The maximum Gasteiger partial charge on any atom is 0.229 e. The fourth-order valence-corrected chi connectivity index (χ4v) is 1.58. The van der Waals surface area contributed by atoms with Crippen molar-refractivity contribution in [2.45, 2.75) is 47.5 Å². The molecule has 6 heteroatoms. The quantitative estimate of drug-likeness (QED) is 0.575. The fraction of sp³-hybridized carbons (Fsp3) is 0.800. The molecule has 0 unspecified atom stereocenters. The zero-order chi connectivity index (χ0) is 15.7. The molecule has 0 aliphatic rings. The smallest absolute Gasteiger partial charge is 0.229 e. The van der Waals surface area contributed by atoms with Gasteiger partial charge in [0, 0.05) is 19.6 Å². The number of anilines is 3. The Balaban J connectivity index is 2.74. The number of aromatic nitrogens is 3. The second-order valence-electron chi connectivity index (χ2n) is 6.14. The van der Waals surface area contributed by atoms with E-state index in [1.54, 1.807) is 0 Å². The SMILES string of the molecule is CCCCNc1nc(NCC(C)C)nc(NCC(C)C)n1. The monoisotopic (exact) mass is 294 g/mol. The third kappa shape index (κ3) is 7.68. The van der Waals surface area contributed by atoms with E-state index < -0.39 is 0 Å². The minimum atomic E-state index is 0.547. The first kappa shape index (κ1) is 17.5. The predicted molar refractivity (Wildman–Crippen MR) is 89.9 cm³/mol. The average molecular weight is 294 g/mol. The maximum absolute atomic E-state index is 4.42. The van der Waals surface area contributed by atoms with Crippen molar-refractivity contribution in [3.63, 3.8) is 0 Å². The summed E-state index contributed by atoms with van der Waals surface area (Å²) in [5.74, 6) is 2.99. The van der Waals surface area contributed by atoms with Gasteiger partial charge in [-0.3, -0.25) is 0 Å². The highest BCUT2D eigenvalue weighted by molar-refractivity contribution is 5.42.